The smallest absolute Gasteiger partial charge is 0.302 e. The summed E-state index contributed by atoms with van der Waals surface area (Å²) in [5, 5.41) is 1.41. The number of aromatic amines is 1. The van der Waals surface area contributed by atoms with Crippen molar-refractivity contribution in [3.05, 3.63) is 77.1 Å². The van der Waals surface area contributed by atoms with Crippen LogP contribution in [-0.4, -0.2) is 15.0 Å². The van der Waals surface area contributed by atoms with Crippen LogP contribution < -0.4 is 10.3 Å². The number of furan rings is 1. The first-order valence-electron chi connectivity index (χ1n) is 8.68. The fraction of sp³-hybridized carbons (Fsp3) is 0.0952. The van der Waals surface area contributed by atoms with Crippen LogP contribution in [0.2, 0.25) is 0 Å². The molecule has 3 heterocycles. The van der Waals surface area contributed by atoms with Crippen molar-refractivity contribution in [2.75, 3.05) is 0 Å². The molecule has 0 radical (unpaired) electrons. The molecule has 0 aliphatic heterocycles. The number of ether oxygens (including phenoxy) is 1. The Morgan fingerprint density at radius 2 is 2.15 bits per heavy atom. The van der Waals surface area contributed by atoms with E-state index >= 15 is 0 Å². The van der Waals surface area contributed by atoms with E-state index in [1.165, 1.54) is 11.8 Å². The molecule has 0 unspecified atom stereocenters. The fourth-order valence-electron chi connectivity index (χ4n) is 3.18. The highest BCUT2D eigenvalue weighted by Crippen LogP contribution is 2.31. The van der Waals surface area contributed by atoms with E-state index in [-0.39, 0.29) is 11.6 Å². The minimum atomic E-state index is -0.263. The van der Waals surface area contributed by atoms with Crippen molar-refractivity contribution >= 4 is 27.4 Å². The van der Waals surface area contributed by atoms with Gasteiger partial charge in [0.05, 0.1) is 17.1 Å². The van der Waals surface area contributed by atoms with Crippen LogP contribution in [-0.2, 0) is 0 Å². The summed E-state index contributed by atoms with van der Waals surface area (Å²) in [4.78, 5) is 23.1. The van der Waals surface area contributed by atoms with Gasteiger partial charge in [-0.05, 0) is 48.7 Å². The van der Waals surface area contributed by atoms with E-state index in [9.17, 15) is 4.79 Å². The Kier molecular flexibility index (Phi) is 3.60. The van der Waals surface area contributed by atoms with E-state index in [0.717, 1.165) is 29.6 Å². The van der Waals surface area contributed by atoms with Gasteiger partial charge in [0, 0.05) is 11.6 Å². The molecule has 0 saturated carbocycles. The van der Waals surface area contributed by atoms with Crippen LogP contribution in [0.15, 0.2) is 70.2 Å². The molecule has 0 fully saturated rings. The van der Waals surface area contributed by atoms with Crippen molar-refractivity contribution in [3.8, 4) is 11.8 Å². The molecule has 27 heavy (non-hydrogen) atoms. The van der Waals surface area contributed by atoms with Gasteiger partial charge in [0.25, 0.3) is 5.56 Å². The van der Waals surface area contributed by atoms with Crippen molar-refractivity contribution < 1.29 is 9.15 Å². The number of nitrogens with zero attached hydrogens (tertiary/aromatic N) is 2. The molecule has 3 aromatic heterocycles. The van der Waals surface area contributed by atoms with Crippen molar-refractivity contribution in [1.29, 1.82) is 0 Å². The third kappa shape index (κ3) is 2.91. The topological polar surface area (TPSA) is 81.0 Å². The minimum Gasteiger partial charge on any atom is -0.456 e. The predicted octanol–water partition coefficient (Wildman–Crippen LogP) is 4.59. The highest BCUT2D eigenvalue weighted by Gasteiger charge is 2.11. The molecule has 132 valence electrons. The molecule has 1 aliphatic rings. The number of nitrogens with one attached hydrogen (secondary N) is 1. The summed E-state index contributed by atoms with van der Waals surface area (Å²) in [6, 6.07) is 9.28. The number of hydrogen-bond donors (Lipinski definition) is 1. The van der Waals surface area contributed by atoms with Crippen molar-refractivity contribution in [1.82, 2.24) is 15.0 Å². The normalized spacial score (nSPS) is 13.9. The summed E-state index contributed by atoms with van der Waals surface area (Å²) < 4.78 is 11.7. The van der Waals surface area contributed by atoms with Crippen LogP contribution in [0.5, 0.6) is 11.8 Å². The predicted molar refractivity (Wildman–Crippen MR) is 103 cm³/mol. The molecule has 5 rings (SSSR count). The van der Waals surface area contributed by atoms with Crippen LogP contribution in [0.3, 0.4) is 0 Å². The van der Waals surface area contributed by atoms with Crippen molar-refractivity contribution in [3.63, 3.8) is 0 Å². The maximum atomic E-state index is 12.2. The van der Waals surface area contributed by atoms with E-state index in [1.807, 2.05) is 18.2 Å². The second kappa shape index (κ2) is 6.25. The number of pyridine rings is 1. The largest absolute Gasteiger partial charge is 0.456 e. The van der Waals surface area contributed by atoms with Gasteiger partial charge in [-0.3, -0.25) is 14.8 Å². The summed E-state index contributed by atoms with van der Waals surface area (Å²) in [5.74, 6) is 1.44. The van der Waals surface area contributed by atoms with Crippen LogP contribution in [0.25, 0.3) is 27.4 Å². The molecule has 6 heteroatoms. The molecular weight excluding hydrogens is 342 g/mol. The monoisotopic (exact) mass is 357 g/mol. The summed E-state index contributed by atoms with van der Waals surface area (Å²) in [6.07, 6.45) is 11.4. The van der Waals surface area contributed by atoms with Gasteiger partial charge in [0.15, 0.2) is 0 Å². The molecule has 0 spiro atoms. The van der Waals surface area contributed by atoms with Crippen LogP contribution >= 0.6 is 0 Å². The Balaban J connectivity index is 1.49. The number of allylic oxidation sites excluding steroid dienone is 4. The highest BCUT2D eigenvalue weighted by atomic mass is 16.5. The van der Waals surface area contributed by atoms with Gasteiger partial charge in [-0.1, -0.05) is 18.2 Å². The second-order valence-corrected chi connectivity index (χ2v) is 6.33. The molecule has 0 saturated heterocycles. The lowest BCUT2D eigenvalue weighted by Crippen LogP contribution is -2.09. The van der Waals surface area contributed by atoms with E-state index in [1.54, 1.807) is 18.3 Å². The zero-order valence-electron chi connectivity index (χ0n) is 14.3. The summed E-state index contributed by atoms with van der Waals surface area (Å²) >= 11 is 0. The Bertz CT molecular complexity index is 1280. The average molecular weight is 357 g/mol. The van der Waals surface area contributed by atoms with Crippen molar-refractivity contribution in [2.45, 2.75) is 12.8 Å². The Labute approximate surface area is 153 Å². The fourth-order valence-corrected chi connectivity index (χ4v) is 3.18. The molecule has 1 aliphatic carbocycles. The number of fused-ring (bicyclic) bond motifs is 2. The number of rotatable bonds is 3. The quantitative estimate of drug-likeness (QED) is 0.580. The highest BCUT2D eigenvalue weighted by molar-refractivity contribution is 5.83. The molecule has 1 N–H and O–H groups in total. The third-order valence-corrected chi connectivity index (χ3v) is 4.52. The first kappa shape index (κ1) is 15.6. The molecule has 6 nitrogen and oxygen atoms in total. The van der Waals surface area contributed by atoms with Crippen LogP contribution in [0.1, 0.15) is 18.6 Å². The zero-order valence-corrected chi connectivity index (χ0v) is 14.3. The SMILES string of the molecule is O=c1[nH]c(Oc2ccc3oc(C4=CC=CCC4)cc3c2)nc2cnccc12. The minimum absolute atomic E-state index is 0.128. The summed E-state index contributed by atoms with van der Waals surface area (Å²) in [6.45, 7) is 0. The van der Waals surface area contributed by atoms with E-state index < -0.39 is 0 Å². The van der Waals surface area contributed by atoms with Gasteiger partial charge < -0.3 is 9.15 Å². The van der Waals surface area contributed by atoms with Gasteiger partial charge in [0.2, 0.25) is 0 Å². The molecule has 0 bridgehead atoms. The zero-order chi connectivity index (χ0) is 18.2. The maximum absolute atomic E-state index is 12.2. The Hall–Kier alpha value is -3.67. The van der Waals surface area contributed by atoms with Crippen LogP contribution in [0, 0.1) is 0 Å². The number of benzene rings is 1. The Morgan fingerprint density at radius 3 is 3.04 bits per heavy atom. The van der Waals surface area contributed by atoms with Gasteiger partial charge in [0.1, 0.15) is 17.1 Å². The summed E-state index contributed by atoms with van der Waals surface area (Å²) in [7, 11) is 0. The van der Waals surface area contributed by atoms with E-state index in [2.05, 4.69) is 33.2 Å². The summed E-state index contributed by atoms with van der Waals surface area (Å²) in [5.41, 5.74) is 2.20. The van der Waals surface area contributed by atoms with Gasteiger partial charge in [-0.2, -0.15) is 4.98 Å². The number of H-pyrrole nitrogens is 1. The second-order valence-electron chi connectivity index (χ2n) is 6.33. The molecule has 1 aromatic carbocycles. The van der Waals surface area contributed by atoms with Gasteiger partial charge in [-0.15, -0.1) is 0 Å². The van der Waals surface area contributed by atoms with Crippen molar-refractivity contribution in [2.24, 2.45) is 0 Å². The lowest BCUT2D eigenvalue weighted by Gasteiger charge is -2.05. The standard InChI is InChI=1S/C21H15N3O3/c25-20-16-8-9-22-12-17(16)23-21(24-20)26-15-6-7-18-14(10-15)11-19(27-18)13-4-2-1-3-5-13/h1-2,4,6-12H,3,5H2,(H,23,24,25). The van der Waals surface area contributed by atoms with E-state index in [4.69, 9.17) is 9.15 Å². The maximum Gasteiger partial charge on any atom is 0.302 e. The third-order valence-electron chi connectivity index (χ3n) is 4.52. The first-order chi connectivity index (χ1) is 13.3. The number of hydrogen-bond acceptors (Lipinski definition) is 5. The molecule has 0 amide bonds. The van der Waals surface area contributed by atoms with Gasteiger partial charge >= 0.3 is 6.01 Å². The van der Waals surface area contributed by atoms with E-state index in [0.29, 0.717) is 16.7 Å². The average Bonchev–Trinajstić information content (AvgIpc) is 3.12. The molecule has 4 aromatic rings. The molecular formula is C21H15N3O3. The lowest BCUT2D eigenvalue weighted by molar-refractivity contribution is 0.443. The lowest BCUT2D eigenvalue weighted by atomic mass is 10.0. The number of aromatic nitrogens is 3. The molecule has 0 atom stereocenters. The Morgan fingerprint density at radius 1 is 1.19 bits per heavy atom. The van der Waals surface area contributed by atoms with Gasteiger partial charge in [-0.25, -0.2) is 0 Å². The van der Waals surface area contributed by atoms with Crippen LogP contribution in [0.4, 0.5) is 0 Å². The first-order valence-corrected chi connectivity index (χ1v) is 8.68.